The van der Waals surface area contributed by atoms with E-state index in [1.54, 1.807) is 0 Å². The molecule has 0 aromatic rings. The average Bonchev–Trinajstić information content (AvgIpc) is 3.22. The largest absolute Gasteiger partial charge is 0.481 e. The molecule has 0 aromatic heterocycles. The van der Waals surface area contributed by atoms with E-state index in [4.69, 9.17) is 24.1 Å². The molecule has 0 spiro atoms. The zero-order valence-corrected chi connectivity index (χ0v) is 37.5. The van der Waals surface area contributed by atoms with E-state index in [9.17, 15) is 39.0 Å². The van der Waals surface area contributed by atoms with E-state index in [2.05, 4.69) is 21.3 Å². The fourth-order valence-corrected chi connectivity index (χ4v) is 6.29. The summed E-state index contributed by atoms with van der Waals surface area (Å²) >= 11 is 0. The number of amides is 3. The van der Waals surface area contributed by atoms with Crippen molar-refractivity contribution in [1.29, 1.82) is 0 Å². The molecule has 0 heterocycles. The lowest BCUT2D eigenvalue weighted by molar-refractivity contribution is -0.142. The molecule has 0 aliphatic rings. The van der Waals surface area contributed by atoms with Crippen molar-refractivity contribution in [1.82, 2.24) is 21.3 Å². The van der Waals surface area contributed by atoms with Crippen LogP contribution in [-0.4, -0.2) is 135 Å². The van der Waals surface area contributed by atoms with Gasteiger partial charge in [-0.05, 0) is 51.9 Å². The predicted octanol–water partition coefficient (Wildman–Crippen LogP) is 5.36. The summed E-state index contributed by atoms with van der Waals surface area (Å²) in [7, 11) is 0. The summed E-state index contributed by atoms with van der Waals surface area (Å²) < 4.78 is 21.8. The lowest BCUT2D eigenvalue weighted by Gasteiger charge is -2.19. The number of carbonyl (C=O) groups excluding carboxylic acids is 3. The topological polar surface area (TPSA) is 248 Å². The molecule has 0 aliphatic carbocycles. The smallest absolute Gasteiger partial charge is 0.326 e. The third-order valence-corrected chi connectivity index (χ3v) is 10.1. The molecule has 356 valence electrons. The van der Waals surface area contributed by atoms with Crippen molar-refractivity contribution >= 4 is 35.6 Å². The maximum atomic E-state index is 12.3. The minimum atomic E-state index is -1.17. The van der Waals surface area contributed by atoms with Crippen LogP contribution >= 0.6 is 0 Å². The van der Waals surface area contributed by atoms with Crippen molar-refractivity contribution in [2.24, 2.45) is 0 Å². The number of nitrogens with one attached hydrogen (secondary N) is 4. The number of hydrogen-bond donors (Lipinski definition) is 7. The minimum absolute atomic E-state index is 0.00254. The fraction of sp³-hybridized carbons (Fsp3) is 0.864. The van der Waals surface area contributed by atoms with Crippen LogP contribution in [0.4, 0.5) is 0 Å². The first kappa shape index (κ1) is 57.6. The third kappa shape index (κ3) is 40.5. The maximum Gasteiger partial charge on any atom is 0.326 e. The second-order valence-corrected chi connectivity index (χ2v) is 15.6. The molecular formula is C44H82N4O13. The Bertz CT molecular complexity index is 1150. The quantitative estimate of drug-likeness (QED) is 0.0381. The molecule has 0 bridgehead atoms. The van der Waals surface area contributed by atoms with Crippen LogP contribution < -0.4 is 21.3 Å². The van der Waals surface area contributed by atoms with Gasteiger partial charge in [-0.1, -0.05) is 84.0 Å². The van der Waals surface area contributed by atoms with Crippen LogP contribution in [-0.2, 0) is 47.7 Å². The van der Waals surface area contributed by atoms with Gasteiger partial charge in [-0.25, -0.2) is 4.79 Å². The molecule has 3 atom stereocenters. The first-order valence-electron chi connectivity index (χ1n) is 23.0. The van der Waals surface area contributed by atoms with Crippen LogP contribution in [0.25, 0.3) is 0 Å². The van der Waals surface area contributed by atoms with Gasteiger partial charge in [-0.3, -0.25) is 24.0 Å². The number of unbranched alkanes of at least 4 members (excludes halogenated alkanes) is 14. The van der Waals surface area contributed by atoms with Gasteiger partial charge in [0.15, 0.2) is 0 Å². The lowest BCUT2D eigenvalue weighted by atomic mass is 10.0. The molecule has 1 unspecified atom stereocenters. The lowest BCUT2D eigenvalue weighted by Crippen LogP contribution is -2.41. The molecule has 0 aromatic carbocycles. The summed E-state index contributed by atoms with van der Waals surface area (Å²) in [5, 5.41) is 38.7. The highest BCUT2D eigenvalue weighted by atomic mass is 16.6. The maximum absolute atomic E-state index is 12.3. The van der Waals surface area contributed by atoms with Crippen molar-refractivity contribution in [3.8, 4) is 0 Å². The molecule has 0 radical (unpaired) electrons. The van der Waals surface area contributed by atoms with Gasteiger partial charge in [0.05, 0.1) is 52.9 Å². The van der Waals surface area contributed by atoms with E-state index in [-0.39, 0.29) is 75.6 Å². The first-order valence-corrected chi connectivity index (χ1v) is 23.0. The van der Waals surface area contributed by atoms with E-state index in [1.807, 2.05) is 13.8 Å². The fourth-order valence-electron chi connectivity index (χ4n) is 6.29. The van der Waals surface area contributed by atoms with Gasteiger partial charge < -0.3 is 55.5 Å². The average molecular weight is 875 g/mol. The molecular weight excluding hydrogens is 792 g/mol. The standard InChI is InChI=1S/C44H82N4O13/c1-3-36(2)47-37(43(54)55)20-18-19-26-45-40(50)25-28-58-30-32-60-34-35-61-33-31-59-29-27-46-39(49)24-23-38(44(56)57)48-41(51)21-16-14-12-10-8-6-4-5-7-9-11-13-15-17-22-42(52)53/h36-38,47H,3-35H2,1-2H3,(H,45,50)(H,46,49)(H,48,51)(H,52,53)(H,54,55)(H,56,57)/t36?,37-,38-/m0/s1. The molecule has 17 heteroatoms. The number of hydrogen-bond acceptors (Lipinski definition) is 11. The molecule has 0 fully saturated rings. The summed E-state index contributed by atoms with van der Waals surface area (Å²) in [6.07, 6.45) is 18.7. The number of ether oxygens (including phenoxy) is 4. The Morgan fingerprint density at radius 1 is 0.443 bits per heavy atom. The van der Waals surface area contributed by atoms with Gasteiger partial charge in [-0.2, -0.15) is 0 Å². The Hall–Kier alpha value is -3.38. The second-order valence-electron chi connectivity index (χ2n) is 15.6. The van der Waals surface area contributed by atoms with E-state index in [0.717, 1.165) is 44.9 Å². The minimum Gasteiger partial charge on any atom is -0.481 e. The monoisotopic (exact) mass is 875 g/mol. The summed E-state index contributed by atoms with van der Waals surface area (Å²) in [6, 6.07) is -1.56. The zero-order valence-electron chi connectivity index (χ0n) is 37.5. The Balaban J connectivity index is 3.63. The van der Waals surface area contributed by atoms with E-state index in [0.29, 0.717) is 71.9 Å². The van der Waals surface area contributed by atoms with Crippen LogP contribution in [0.5, 0.6) is 0 Å². The van der Waals surface area contributed by atoms with Crippen LogP contribution in [0.3, 0.4) is 0 Å². The number of aliphatic carboxylic acids is 3. The molecule has 0 aliphatic heterocycles. The van der Waals surface area contributed by atoms with Crippen LogP contribution in [0, 0.1) is 0 Å². The number of carboxylic acids is 3. The van der Waals surface area contributed by atoms with Crippen LogP contribution in [0.15, 0.2) is 0 Å². The Labute approximate surface area is 364 Å². The second kappa shape index (κ2) is 41.9. The molecule has 3 amide bonds. The van der Waals surface area contributed by atoms with E-state index in [1.165, 1.54) is 44.9 Å². The van der Waals surface area contributed by atoms with Crippen molar-refractivity contribution in [3.63, 3.8) is 0 Å². The van der Waals surface area contributed by atoms with Crippen molar-refractivity contribution in [2.75, 3.05) is 65.9 Å². The van der Waals surface area contributed by atoms with Crippen molar-refractivity contribution < 1.29 is 63.0 Å². The number of rotatable bonds is 46. The van der Waals surface area contributed by atoms with Crippen molar-refractivity contribution in [2.45, 2.75) is 180 Å². The first-order chi connectivity index (χ1) is 29.5. The van der Waals surface area contributed by atoms with E-state index >= 15 is 0 Å². The molecule has 7 N–H and O–H groups in total. The highest BCUT2D eigenvalue weighted by Crippen LogP contribution is 2.14. The summed E-state index contributed by atoms with van der Waals surface area (Å²) in [6.45, 7) is 7.39. The Kier molecular flexibility index (Phi) is 39.6. The van der Waals surface area contributed by atoms with Gasteiger partial charge in [0.25, 0.3) is 0 Å². The van der Waals surface area contributed by atoms with Gasteiger partial charge >= 0.3 is 17.9 Å². The van der Waals surface area contributed by atoms with Gasteiger partial charge in [-0.15, -0.1) is 0 Å². The predicted molar refractivity (Wildman–Crippen MR) is 232 cm³/mol. The highest BCUT2D eigenvalue weighted by molar-refractivity contribution is 5.84. The summed E-state index contributed by atoms with van der Waals surface area (Å²) in [5.41, 5.74) is 0. The Morgan fingerprint density at radius 2 is 0.885 bits per heavy atom. The summed E-state index contributed by atoms with van der Waals surface area (Å²) in [4.78, 5) is 70.0. The number of carboxylic acid groups (broad SMARTS) is 3. The van der Waals surface area contributed by atoms with Gasteiger partial charge in [0.2, 0.25) is 17.7 Å². The molecule has 0 saturated carbocycles. The van der Waals surface area contributed by atoms with Crippen molar-refractivity contribution in [3.05, 3.63) is 0 Å². The molecule has 0 saturated heterocycles. The van der Waals surface area contributed by atoms with Crippen LogP contribution in [0.1, 0.15) is 162 Å². The summed E-state index contributed by atoms with van der Waals surface area (Å²) in [5.74, 6) is -3.48. The normalized spacial score (nSPS) is 12.7. The van der Waals surface area contributed by atoms with Crippen LogP contribution in [0.2, 0.25) is 0 Å². The molecule has 61 heavy (non-hydrogen) atoms. The zero-order chi connectivity index (χ0) is 45.2. The molecule has 17 nitrogen and oxygen atoms in total. The SMILES string of the molecule is CCC(C)N[C@@H](CCCCNC(=O)CCOCCOCCOCCOCCNC(=O)CC[C@H](NC(=O)CCCCCCCCCCCCCCCCC(=O)O)C(=O)O)C(=O)O. The Morgan fingerprint density at radius 3 is 1.38 bits per heavy atom. The van der Waals surface area contributed by atoms with Gasteiger partial charge in [0.1, 0.15) is 12.1 Å². The van der Waals surface area contributed by atoms with Gasteiger partial charge in [0, 0.05) is 44.8 Å². The van der Waals surface area contributed by atoms with E-state index < -0.39 is 30.0 Å². The number of carbonyl (C=O) groups is 6. The highest BCUT2D eigenvalue weighted by Gasteiger charge is 2.21. The third-order valence-electron chi connectivity index (χ3n) is 10.1. The molecule has 0 rings (SSSR count).